The SMILES string of the molecule is CC[PH](c1ccccc1OC)(c1ccccc1OC)c1ccccc1OC.c1ccc([B-](c2ccccc2)(c2ccccc2)c2ccccc2)cc1. The average Bonchev–Trinajstić information content (AvgIpc) is 3.24. The van der Waals surface area contributed by atoms with Crippen LogP contribution in [0.5, 0.6) is 17.2 Å². The summed E-state index contributed by atoms with van der Waals surface area (Å²) < 4.78 is 17.4. The molecule has 0 atom stereocenters. The van der Waals surface area contributed by atoms with Crippen LogP contribution in [-0.4, -0.2) is 33.6 Å². The first-order chi connectivity index (χ1) is 25.6. The first kappa shape index (κ1) is 36.2. The van der Waals surface area contributed by atoms with E-state index < -0.39 is 13.4 Å². The molecule has 7 aromatic rings. The van der Waals surface area contributed by atoms with Crippen molar-refractivity contribution in [3.05, 3.63) is 194 Å². The Morgan fingerprint density at radius 3 is 0.808 bits per heavy atom. The third-order valence-corrected chi connectivity index (χ3v) is 15.5. The second-order valence-electron chi connectivity index (χ2n) is 12.9. The van der Waals surface area contributed by atoms with Gasteiger partial charge in [0.1, 0.15) is 6.15 Å². The van der Waals surface area contributed by atoms with Crippen molar-refractivity contribution in [2.24, 2.45) is 0 Å². The summed E-state index contributed by atoms with van der Waals surface area (Å²) >= 11 is 0. The summed E-state index contributed by atoms with van der Waals surface area (Å²) in [4.78, 5) is 0. The van der Waals surface area contributed by atoms with Gasteiger partial charge in [0.2, 0.25) is 0 Å². The van der Waals surface area contributed by atoms with Crippen molar-refractivity contribution >= 4 is 51.2 Å². The van der Waals surface area contributed by atoms with Gasteiger partial charge in [-0.2, -0.15) is 21.9 Å². The summed E-state index contributed by atoms with van der Waals surface area (Å²) in [6, 6.07) is 68.5. The first-order valence-electron chi connectivity index (χ1n) is 17.9. The van der Waals surface area contributed by atoms with Gasteiger partial charge in [-0.25, -0.2) is 0 Å². The number of methoxy groups -OCH3 is 3. The van der Waals surface area contributed by atoms with Gasteiger partial charge in [0.15, 0.2) is 0 Å². The van der Waals surface area contributed by atoms with Gasteiger partial charge in [-0.15, -0.1) is 0 Å². The van der Waals surface area contributed by atoms with E-state index in [0.717, 1.165) is 23.4 Å². The van der Waals surface area contributed by atoms with Gasteiger partial charge in [-0.3, -0.25) is 0 Å². The van der Waals surface area contributed by atoms with Crippen LogP contribution >= 0.6 is 7.26 Å². The van der Waals surface area contributed by atoms with E-state index in [0.29, 0.717) is 0 Å². The van der Waals surface area contributed by atoms with E-state index in [1.165, 1.54) is 37.8 Å². The third-order valence-electron chi connectivity index (χ3n) is 10.4. The molecule has 0 bridgehead atoms. The van der Waals surface area contributed by atoms with E-state index in [-0.39, 0.29) is 0 Å². The molecular weight excluding hydrogens is 654 g/mol. The molecule has 7 aromatic carbocycles. The number of para-hydroxylation sites is 3. The molecule has 0 fully saturated rings. The molecule has 0 aromatic heterocycles. The van der Waals surface area contributed by atoms with Crippen molar-refractivity contribution in [2.75, 3.05) is 27.5 Å². The molecule has 0 N–H and O–H groups in total. The van der Waals surface area contributed by atoms with E-state index in [1.54, 1.807) is 21.3 Å². The minimum atomic E-state index is -2.47. The van der Waals surface area contributed by atoms with Crippen LogP contribution < -0.4 is 52.0 Å². The summed E-state index contributed by atoms with van der Waals surface area (Å²) in [5, 5.41) is 3.68. The molecular formula is C47H47BO3P-. The maximum Gasteiger partial charge on any atom is 0.108 e. The molecule has 0 unspecified atom stereocenters. The zero-order valence-corrected chi connectivity index (χ0v) is 31.5. The number of hydrogen-bond acceptors (Lipinski definition) is 3. The zero-order chi connectivity index (χ0) is 36.2. The molecule has 0 aliphatic heterocycles. The quantitative estimate of drug-likeness (QED) is 0.110. The summed E-state index contributed by atoms with van der Waals surface area (Å²) in [6.45, 7) is 2.25. The molecule has 262 valence electrons. The van der Waals surface area contributed by atoms with Crippen molar-refractivity contribution in [3.8, 4) is 17.2 Å². The molecule has 0 aliphatic carbocycles. The van der Waals surface area contributed by atoms with Crippen molar-refractivity contribution in [2.45, 2.75) is 6.92 Å². The molecule has 5 heteroatoms. The van der Waals surface area contributed by atoms with Gasteiger partial charge in [0.05, 0.1) is 0 Å². The van der Waals surface area contributed by atoms with Crippen LogP contribution in [0.3, 0.4) is 0 Å². The number of ether oxygens (including phenoxy) is 3. The van der Waals surface area contributed by atoms with Crippen LogP contribution in [-0.2, 0) is 0 Å². The summed E-state index contributed by atoms with van der Waals surface area (Å²) in [6.07, 6.45) is -0.263. The Kier molecular flexibility index (Phi) is 11.9. The number of rotatable bonds is 11. The van der Waals surface area contributed by atoms with Crippen LogP contribution in [0.4, 0.5) is 0 Å². The van der Waals surface area contributed by atoms with Gasteiger partial charge >= 0.3 is 162 Å². The molecule has 0 aliphatic rings. The van der Waals surface area contributed by atoms with E-state index >= 15 is 0 Å². The maximum atomic E-state index is 5.80. The molecule has 52 heavy (non-hydrogen) atoms. The van der Waals surface area contributed by atoms with Crippen LogP contribution in [0, 0.1) is 0 Å². The normalized spacial score (nSPS) is 11.5. The van der Waals surface area contributed by atoms with Gasteiger partial charge in [0, 0.05) is 0 Å². The molecule has 0 spiro atoms. The fourth-order valence-corrected chi connectivity index (χ4v) is 13.1. The van der Waals surface area contributed by atoms with E-state index in [4.69, 9.17) is 14.2 Å². The van der Waals surface area contributed by atoms with Gasteiger partial charge < -0.3 is 0 Å². The third kappa shape index (κ3) is 6.87. The topological polar surface area (TPSA) is 27.7 Å². The van der Waals surface area contributed by atoms with Crippen molar-refractivity contribution in [1.82, 2.24) is 0 Å². The zero-order valence-electron chi connectivity index (χ0n) is 30.5. The Labute approximate surface area is 310 Å². The fraction of sp³-hybridized carbons (Fsp3) is 0.106. The maximum absolute atomic E-state index is 5.80. The van der Waals surface area contributed by atoms with Crippen LogP contribution in [0.15, 0.2) is 194 Å². The largest absolute Gasteiger partial charge is 0.195 e. The summed E-state index contributed by atoms with van der Waals surface area (Å²) in [5.74, 6) is 2.72. The first-order valence-corrected chi connectivity index (χ1v) is 20.1. The smallest absolute Gasteiger partial charge is 0.108 e. The number of hydrogen-bond donors (Lipinski definition) is 0. The Hall–Kier alpha value is -5.57. The Bertz CT molecular complexity index is 1860. The minimum absolute atomic E-state index is 0.905. The van der Waals surface area contributed by atoms with Gasteiger partial charge in [-0.05, 0) is 0 Å². The van der Waals surface area contributed by atoms with Crippen molar-refractivity contribution in [3.63, 3.8) is 0 Å². The van der Waals surface area contributed by atoms with Crippen LogP contribution in [0.2, 0.25) is 0 Å². The number of benzene rings is 7. The van der Waals surface area contributed by atoms with Gasteiger partial charge in [-0.1, -0.05) is 121 Å². The standard InChI is InChI=1S/C24H20B.C23H27O3P/c1-5-13-21(14-6-1)25(22-15-7-2-8-16-22,23-17-9-3-10-18-23)24-19-11-4-12-20-24;1-5-27(21-15-9-6-12-18(21)24-2,22-16-10-7-13-19(22)25-3)23-17-11-8-14-20(23)26-4/h1-20H;6-17,27H,5H2,1-4H3/q-1;. The minimum Gasteiger partial charge on any atom is -0.195 e. The van der Waals surface area contributed by atoms with E-state index in [2.05, 4.69) is 165 Å². The predicted molar refractivity (Wildman–Crippen MR) is 227 cm³/mol. The Morgan fingerprint density at radius 2 is 0.577 bits per heavy atom. The molecule has 3 nitrogen and oxygen atoms in total. The monoisotopic (exact) mass is 701 g/mol. The predicted octanol–water partition coefficient (Wildman–Crippen LogP) is 6.82. The molecule has 0 heterocycles. The molecule has 0 saturated carbocycles. The van der Waals surface area contributed by atoms with Crippen LogP contribution in [0.1, 0.15) is 6.92 Å². The average molecular weight is 702 g/mol. The molecule has 0 amide bonds. The Balaban J connectivity index is 0.000000179. The molecule has 7 rings (SSSR count). The van der Waals surface area contributed by atoms with E-state index in [1.807, 2.05) is 36.4 Å². The van der Waals surface area contributed by atoms with Crippen molar-refractivity contribution < 1.29 is 14.2 Å². The fourth-order valence-electron chi connectivity index (χ4n) is 8.12. The summed E-state index contributed by atoms with van der Waals surface area (Å²) in [5.41, 5.74) is 5.36. The second kappa shape index (κ2) is 17.1. The van der Waals surface area contributed by atoms with E-state index in [9.17, 15) is 0 Å². The van der Waals surface area contributed by atoms with Crippen molar-refractivity contribution in [1.29, 1.82) is 0 Å². The second-order valence-corrected chi connectivity index (χ2v) is 17.0. The molecule has 0 saturated heterocycles. The molecule has 0 radical (unpaired) electrons. The van der Waals surface area contributed by atoms with Gasteiger partial charge in [0.25, 0.3) is 0 Å². The Morgan fingerprint density at radius 1 is 0.346 bits per heavy atom. The van der Waals surface area contributed by atoms with Crippen LogP contribution in [0.25, 0.3) is 0 Å². The summed E-state index contributed by atoms with van der Waals surface area (Å²) in [7, 11) is 2.73.